The molecule has 2 nitrogen and oxygen atoms in total. The first-order chi connectivity index (χ1) is 8.70. The van der Waals surface area contributed by atoms with Gasteiger partial charge in [-0.2, -0.15) is 0 Å². The van der Waals surface area contributed by atoms with Crippen molar-refractivity contribution in [1.29, 1.82) is 0 Å². The number of hydrogen-bond donors (Lipinski definition) is 1. The van der Waals surface area contributed by atoms with E-state index < -0.39 is 0 Å². The first-order valence-corrected chi connectivity index (χ1v) is 6.59. The van der Waals surface area contributed by atoms with Gasteiger partial charge in [-0.25, -0.2) is 0 Å². The minimum Gasteiger partial charge on any atom is -0.381 e. The fraction of sp³-hybridized carbons (Fsp3) is 0.467. The summed E-state index contributed by atoms with van der Waals surface area (Å²) in [6.45, 7) is 0. The van der Waals surface area contributed by atoms with E-state index in [4.69, 9.17) is 22.1 Å². The van der Waals surface area contributed by atoms with Gasteiger partial charge in [0.15, 0.2) is 0 Å². The fourth-order valence-corrected chi connectivity index (χ4v) is 2.84. The molecule has 0 radical (unpaired) electrons. The van der Waals surface area contributed by atoms with Gasteiger partial charge in [0.1, 0.15) is 0 Å². The van der Waals surface area contributed by atoms with Crippen molar-refractivity contribution >= 4 is 11.6 Å². The molecule has 1 aromatic rings. The Labute approximate surface area is 113 Å². The van der Waals surface area contributed by atoms with Gasteiger partial charge in [-0.1, -0.05) is 29.7 Å². The summed E-state index contributed by atoms with van der Waals surface area (Å²) >= 11 is 5.94. The van der Waals surface area contributed by atoms with Gasteiger partial charge in [-0.3, -0.25) is 0 Å². The van der Waals surface area contributed by atoms with Crippen molar-refractivity contribution in [2.45, 2.75) is 37.2 Å². The van der Waals surface area contributed by atoms with Crippen LogP contribution >= 0.6 is 11.6 Å². The summed E-state index contributed by atoms with van der Waals surface area (Å²) in [7, 11) is 1.77. The topological polar surface area (TPSA) is 35.2 Å². The predicted molar refractivity (Wildman–Crippen MR) is 74.4 cm³/mol. The molecule has 18 heavy (non-hydrogen) atoms. The van der Waals surface area contributed by atoms with E-state index in [1.54, 1.807) is 7.11 Å². The van der Waals surface area contributed by atoms with Gasteiger partial charge in [0.25, 0.3) is 0 Å². The lowest BCUT2D eigenvalue weighted by Gasteiger charge is -2.36. The first-order valence-electron chi connectivity index (χ1n) is 6.22. The molecule has 2 rings (SSSR count). The lowest BCUT2D eigenvalue weighted by molar-refractivity contribution is 0.0576. The van der Waals surface area contributed by atoms with Gasteiger partial charge >= 0.3 is 0 Å². The van der Waals surface area contributed by atoms with Crippen molar-refractivity contribution in [3.63, 3.8) is 0 Å². The standard InChI is InChI=1S/C15H18ClNO/c1-18-14-6-8-15(9-7-14,10-11-17)12-2-4-13(16)5-3-12/h2-5,14H,6-9,17H2,1H3. The van der Waals surface area contributed by atoms with Crippen LogP contribution in [0, 0.1) is 12.0 Å². The molecule has 1 aromatic carbocycles. The van der Waals surface area contributed by atoms with Crippen LogP contribution in [0.1, 0.15) is 31.2 Å². The number of ether oxygens (including phenoxy) is 1. The van der Waals surface area contributed by atoms with Crippen LogP contribution < -0.4 is 5.73 Å². The molecule has 0 saturated heterocycles. The molecule has 1 saturated carbocycles. The molecule has 0 spiro atoms. The van der Waals surface area contributed by atoms with E-state index in [1.807, 2.05) is 12.1 Å². The highest BCUT2D eigenvalue weighted by atomic mass is 35.5. The van der Waals surface area contributed by atoms with Gasteiger partial charge in [0.2, 0.25) is 0 Å². The molecule has 2 N–H and O–H groups in total. The zero-order chi connectivity index (χ0) is 13.0. The third kappa shape index (κ3) is 2.63. The molecule has 0 heterocycles. The summed E-state index contributed by atoms with van der Waals surface area (Å²) in [5, 5.41) is 0.750. The lowest BCUT2D eigenvalue weighted by Crippen LogP contribution is -2.33. The first kappa shape index (κ1) is 13.3. The fourth-order valence-electron chi connectivity index (χ4n) is 2.71. The molecule has 96 valence electrons. The Hall–Kier alpha value is -1.17. The molecular weight excluding hydrogens is 246 g/mol. The van der Waals surface area contributed by atoms with E-state index in [9.17, 15) is 0 Å². The summed E-state index contributed by atoms with van der Waals surface area (Å²) < 4.78 is 5.42. The third-order valence-electron chi connectivity index (χ3n) is 3.83. The Bertz CT molecular complexity index is 450. The largest absolute Gasteiger partial charge is 0.381 e. The second-order valence-corrected chi connectivity index (χ2v) is 5.23. The Morgan fingerprint density at radius 1 is 1.28 bits per heavy atom. The number of benzene rings is 1. The second-order valence-electron chi connectivity index (χ2n) is 4.79. The average Bonchev–Trinajstić information content (AvgIpc) is 2.40. The maximum atomic E-state index is 5.94. The Kier molecular flexibility index (Phi) is 4.16. The summed E-state index contributed by atoms with van der Waals surface area (Å²) in [6.07, 6.45) is 4.36. The van der Waals surface area contributed by atoms with Gasteiger partial charge < -0.3 is 10.5 Å². The van der Waals surface area contributed by atoms with E-state index in [2.05, 4.69) is 24.1 Å². The third-order valence-corrected chi connectivity index (χ3v) is 4.08. The molecular formula is C15H18ClNO. The van der Waals surface area contributed by atoms with E-state index in [-0.39, 0.29) is 5.41 Å². The molecule has 1 aliphatic rings. The number of rotatable bonds is 2. The second kappa shape index (κ2) is 5.65. The summed E-state index contributed by atoms with van der Waals surface area (Å²) in [5.41, 5.74) is 6.54. The maximum absolute atomic E-state index is 5.94. The van der Waals surface area contributed by atoms with Gasteiger partial charge in [-0.15, -0.1) is 0 Å². The highest BCUT2D eigenvalue weighted by Gasteiger charge is 2.35. The Balaban J connectivity index is 2.27. The minimum atomic E-state index is -0.131. The average molecular weight is 264 g/mol. The van der Waals surface area contributed by atoms with Crippen molar-refractivity contribution in [2.75, 3.05) is 7.11 Å². The Morgan fingerprint density at radius 3 is 2.39 bits per heavy atom. The normalized spacial score (nSPS) is 27.3. The van der Waals surface area contributed by atoms with Crippen molar-refractivity contribution in [2.24, 2.45) is 5.73 Å². The number of methoxy groups -OCH3 is 1. The van der Waals surface area contributed by atoms with E-state index in [0.717, 1.165) is 30.7 Å². The molecule has 3 heteroatoms. The minimum absolute atomic E-state index is 0.131. The maximum Gasteiger partial charge on any atom is 0.0582 e. The SMILES string of the molecule is COC1CCC(C#CN)(c2ccc(Cl)cc2)CC1. The summed E-state index contributed by atoms with van der Waals surface area (Å²) in [4.78, 5) is 0. The van der Waals surface area contributed by atoms with E-state index in [0.29, 0.717) is 6.10 Å². The molecule has 0 atom stereocenters. The van der Waals surface area contributed by atoms with Crippen molar-refractivity contribution in [3.8, 4) is 12.0 Å². The molecule has 0 aliphatic heterocycles. The van der Waals surface area contributed by atoms with Crippen LogP contribution in [-0.2, 0) is 10.2 Å². The Morgan fingerprint density at radius 2 is 1.89 bits per heavy atom. The van der Waals surface area contributed by atoms with Crippen LogP contribution in [0.5, 0.6) is 0 Å². The highest BCUT2D eigenvalue weighted by molar-refractivity contribution is 6.30. The molecule has 0 aromatic heterocycles. The predicted octanol–water partition coefficient (Wildman–Crippen LogP) is 3.09. The molecule has 1 fully saturated rings. The molecule has 0 unspecified atom stereocenters. The van der Waals surface area contributed by atoms with Crippen LogP contribution in [0.25, 0.3) is 0 Å². The van der Waals surface area contributed by atoms with Gasteiger partial charge in [-0.05, 0) is 43.4 Å². The van der Waals surface area contributed by atoms with Crippen LogP contribution in [-0.4, -0.2) is 13.2 Å². The number of hydrogen-bond acceptors (Lipinski definition) is 2. The number of halogens is 1. The highest BCUT2D eigenvalue weighted by Crippen LogP contribution is 2.40. The van der Waals surface area contributed by atoms with Crippen LogP contribution in [0.3, 0.4) is 0 Å². The molecule has 0 amide bonds. The summed E-state index contributed by atoms with van der Waals surface area (Å²) in [5.74, 6) is 3.21. The van der Waals surface area contributed by atoms with Gasteiger partial charge in [0.05, 0.1) is 11.5 Å². The quantitative estimate of drug-likeness (QED) is 0.657. The monoisotopic (exact) mass is 263 g/mol. The van der Waals surface area contributed by atoms with Crippen LogP contribution in [0.4, 0.5) is 0 Å². The zero-order valence-electron chi connectivity index (χ0n) is 10.6. The van der Waals surface area contributed by atoms with E-state index in [1.165, 1.54) is 5.56 Å². The van der Waals surface area contributed by atoms with Crippen molar-refractivity contribution < 1.29 is 4.74 Å². The van der Waals surface area contributed by atoms with Crippen molar-refractivity contribution in [1.82, 2.24) is 0 Å². The smallest absolute Gasteiger partial charge is 0.0582 e. The van der Waals surface area contributed by atoms with Crippen molar-refractivity contribution in [3.05, 3.63) is 34.9 Å². The van der Waals surface area contributed by atoms with Crippen LogP contribution in [0.2, 0.25) is 5.02 Å². The van der Waals surface area contributed by atoms with Gasteiger partial charge in [0, 0.05) is 18.2 Å². The molecule has 0 bridgehead atoms. The number of nitrogens with two attached hydrogens (primary N) is 1. The lowest BCUT2D eigenvalue weighted by atomic mass is 9.69. The zero-order valence-corrected chi connectivity index (χ0v) is 11.3. The van der Waals surface area contributed by atoms with Crippen LogP contribution in [0.15, 0.2) is 24.3 Å². The molecule has 1 aliphatic carbocycles. The summed E-state index contributed by atoms with van der Waals surface area (Å²) in [6, 6.07) is 10.5. The van der Waals surface area contributed by atoms with E-state index >= 15 is 0 Å².